The van der Waals surface area contributed by atoms with Gasteiger partial charge in [0, 0.05) is 117 Å². The van der Waals surface area contributed by atoms with E-state index in [1.807, 2.05) is 42.5 Å². The maximum atomic E-state index is 14.7. The molecule has 0 unspecified atom stereocenters. The van der Waals surface area contributed by atoms with E-state index < -0.39 is 110 Å². The number of aliphatic carboxylic acids is 3. The van der Waals surface area contributed by atoms with Crippen molar-refractivity contribution in [2.24, 2.45) is 16.5 Å². The van der Waals surface area contributed by atoms with Crippen molar-refractivity contribution in [3.63, 3.8) is 0 Å². The number of carboxylic acid groups (broad SMARTS) is 3. The largest absolute Gasteiger partial charge is 3.00 e. The van der Waals surface area contributed by atoms with Crippen LogP contribution in [0.25, 0.3) is 10.8 Å². The zero-order chi connectivity index (χ0) is 63.7. The SMILES string of the molecule is CN1C(=O)[C@@H](Cc2ccc(O)cc2)NC(=O)CNC(=O)[C@H](Cc2ccc3ccccc3c2)NC(=O)[C@H](CCCN=C(N)N)NC(=O)[C@H]1CCCNC(=O)c1ccc(CNC(=O)CN2CCN(CC(=O)[O-])CCN(CC(=O)[O-])CCN(CC(=O)[O-])CC2)cc1.[68Ga+3]. The van der Waals surface area contributed by atoms with Gasteiger partial charge in [0.25, 0.3) is 5.91 Å². The number of fused-ring (bicyclic) bond motifs is 1. The molecule has 0 saturated carbocycles. The van der Waals surface area contributed by atoms with Gasteiger partial charge in [0.05, 0.1) is 31.0 Å². The summed E-state index contributed by atoms with van der Waals surface area (Å²) in [6.07, 6.45) is 0.180. The number of phenols is 1. The first kappa shape index (κ1) is 71.1. The van der Waals surface area contributed by atoms with Crippen LogP contribution in [-0.4, -0.2) is 244 Å². The second-order valence-corrected chi connectivity index (χ2v) is 21.7. The average Bonchev–Trinajstić information content (AvgIpc) is 3.78. The molecule has 89 heavy (non-hydrogen) atoms. The van der Waals surface area contributed by atoms with Crippen LogP contribution in [0.5, 0.6) is 5.75 Å². The molecule has 0 bridgehead atoms. The van der Waals surface area contributed by atoms with Gasteiger partial charge in [-0.3, -0.25) is 58.2 Å². The van der Waals surface area contributed by atoms with Crippen LogP contribution in [0, 0.1) is 0 Å². The van der Waals surface area contributed by atoms with Crippen LogP contribution >= 0.6 is 0 Å². The normalized spacial score (nSPS) is 19.2. The van der Waals surface area contributed by atoms with Crippen molar-refractivity contribution < 1.29 is 68.4 Å². The Morgan fingerprint density at radius 1 is 0.596 bits per heavy atom. The Morgan fingerprint density at radius 3 is 1.70 bits per heavy atom. The van der Waals surface area contributed by atoms with Gasteiger partial charge in [-0.15, -0.1) is 0 Å². The van der Waals surface area contributed by atoms with Gasteiger partial charge in [-0.2, -0.15) is 0 Å². The van der Waals surface area contributed by atoms with E-state index in [1.165, 1.54) is 24.1 Å². The van der Waals surface area contributed by atoms with Crippen LogP contribution in [0.1, 0.15) is 52.7 Å². The quantitative estimate of drug-likeness (QED) is 0.0144. The molecule has 2 heterocycles. The molecule has 0 aromatic heterocycles. The van der Waals surface area contributed by atoms with Crippen molar-refractivity contribution in [1.82, 2.24) is 56.4 Å². The first-order chi connectivity index (χ1) is 42.1. The van der Waals surface area contributed by atoms with Gasteiger partial charge in [-0.1, -0.05) is 66.7 Å². The summed E-state index contributed by atoms with van der Waals surface area (Å²) < 4.78 is 0. The van der Waals surface area contributed by atoms with Gasteiger partial charge in [0.2, 0.25) is 35.4 Å². The summed E-state index contributed by atoms with van der Waals surface area (Å²) in [5.41, 5.74) is 13.3. The van der Waals surface area contributed by atoms with Gasteiger partial charge < -0.3 is 83.1 Å². The molecular formula is C60H77GaN14O14. The minimum absolute atomic E-state index is 0. The van der Waals surface area contributed by atoms with Crippen molar-refractivity contribution in [3.05, 3.63) is 113 Å². The number of likely N-dealkylation sites (N-methyl/N-ethyl adjacent to an activating group) is 1. The maximum absolute atomic E-state index is 14.7. The van der Waals surface area contributed by atoms with Crippen LogP contribution in [0.2, 0.25) is 0 Å². The van der Waals surface area contributed by atoms with Crippen LogP contribution in [0.3, 0.4) is 0 Å². The fraction of sp³-hybridized carbons (Fsp3) is 0.450. The zero-order valence-electron chi connectivity index (χ0n) is 49.7. The summed E-state index contributed by atoms with van der Waals surface area (Å²) in [7, 11) is 1.38. The smallest absolute Gasteiger partial charge is 0.549 e. The molecule has 0 spiro atoms. The first-order valence-electron chi connectivity index (χ1n) is 29.0. The van der Waals surface area contributed by atoms with Crippen LogP contribution in [-0.2, 0) is 62.5 Å². The molecule has 4 aromatic rings. The minimum Gasteiger partial charge on any atom is -0.549 e. The fourth-order valence-corrected chi connectivity index (χ4v) is 10.2. The summed E-state index contributed by atoms with van der Waals surface area (Å²) in [6, 6.07) is 20.4. The summed E-state index contributed by atoms with van der Waals surface area (Å²) in [5, 5.41) is 63.0. The maximum Gasteiger partial charge on any atom is 3.00 e. The number of aromatic hydroxyl groups is 1. The number of nitrogens with two attached hydrogens (primary N) is 2. The number of carboxylic acids is 3. The van der Waals surface area contributed by atoms with E-state index in [4.69, 9.17) is 11.5 Å². The summed E-state index contributed by atoms with van der Waals surface area (Å²) in [5.74, 6) is -8.76. The van der Waals surface area contributed by atoms with Crippen molar-refractivity contribution in [2.45, 2.75) is 69.2 Å². The average molecular weight is 1290 g/mol. The van der Waals surface area contributed by atoms with Gasteiger partial charge in [-0.05, 0) is 77.4 Å². The third-order valence-corrected chi connectivity index (χ3v) is 15.0. The number of nitrogens with zero attached hydrogens (tertiary/aromatic N) is 6. The molecule has 4 atom stereocenters. The Bertz CT molecular complexity index is 3080. The number of rotatable bonds is 23. The zero-order valence-corrected chi connectivity index (χ0v) is 52.1. The Balaban J connectivity index is 0.0000144. The van der Waals surface area contributed by atoms with Gasteiger partial charge in [0.15, 0.2) is 5.96 Å². The number of hydrogen-bond donors (Lipinski definition) is 9. The Morgan fingerprint density at radius 2 is 1.12 bits per heavy atom. The topological polar surface area (TPSA) is 413 Å². The monoisotopic (exact) mass is 1290 g/mol. The predicted octanol–water partition coefficient (Wildman–Crippen LogP) is -6.29. The molecule has 28 nitrogen and oxygen atoms in total. The number of carbonyl (C=O) groups is 10. The van der Waals surface area contributed by atoms with Crippen LogP contribution in [0.4, 0.5) is 0 Å². The summed E-state index contributed by atoms with van der Waals surface area (Å²) >= 11 is 0. The molecular weight excluding hydrogens is 1210 g/mol. The molecule has 474 valence electrons. The standard InChI is InChI=1S/C60H80N14O14.Ga/c1-70-49(9-5-20-63-55(84)43-16-10-40(11-17-43)33-65-51(77)35-71-22-24-72(36-52(78)79)26-28-74(38-54(82)83)29-27-73(25-23-71)37-53(80)81)58(87)68-46(8-4-21-64-60(61)62)57(86)69-47(32-41-12-15-42-6-2-3-7-44(42)30-41)56(85)66-34-50(76)67-48(59(70)88)31-39-13-18-45(75)19-14-39;/h2-3,6-7,10-19,30,46-49,75H,4-5,8-9,20-29,31-38H2,1H3,(H,63,84)(H,65,77)(H,66,85)(H,67,76)(H,68,87)(H,69,86)(H,78,79)(H,80,81)(H,82,83)(H4,61,62,64);/q;+3/p-3/t46-,47-,48+,49+;/m0./s1/i;1-2. The summed E-state index contributed by atoms with van der Waals surface area (Å²) in [6.45, 7) is -0.537. The van der Waals surface area contributed by atoms with E-state index in [9.17, 15) is 68.4 Å². The Labute approximate surface area is 528 Å². The van der Waals surface area contributed by atoms with E-state index in [0.717, 1.165) is 15.7 Å². The molecule has 2 fully saturated rings. The summed E-state index contributed by atoms with van der Waals surface area (Å²) in [4.78, 5) is 144. The number of benzene rings is 4. The van der Waals surface area contributed by atoms with Crippen LogP contribution < -0.4 is 58.7 Å². The predicted molar refractivity (Wildman–Crippen MR) is 321 cm³/mol. The van der Waals surface area contributed by atoms with Gasteiger partial charge in [-0.25, -0.2) is 0 Å². The van der Waals surface area contributed by atoms with Gasteiger partial charge in [0.1, 0.15) is 29.9 Å². The third-order valence-electron chi connectivity index (χ3n) is 15.0. The fourth-order valence-electron chi connectivity index (χ4n) is 10.2. The van der Waals surface area contributed by atoms with Gasteiger partial charge >= 0.3 is 19.8 Å². The molecule has 11 N–H and O–H groups in total. The first-order valence-corrected chi connectivity index (χ1v) is 29.0. The molecule has 2 saturated heterocycles. The molecule has 7 amide bonds. The second kappa shape index (κ2) is 36.0. The van der Waals surface area contributed by atoms with E-state index in [1.54, 1.807) is 51.1 Å². The molecule has 0 aliphatic carbocycles. The Kier molecular flexibility index (Phi) is 28.8. The van der Waals surface area contributed by atoms with E-state index in [2.05, 4.69) is 36.9 Å². The molecule has 6 rings (SSSR count). The number of nitrogens with one attached hydrogen (secondary N) is 6. The van der Waals surface area contributed by atoms with E-state index in [-0.39, 0.29) is 154 Å². The second-order valence-electron chi connectivity index (χ2n) is 21.7. The van der Waals surface area contributed by atoms with Crippen LogP contribution in [0.15, 0.2) is 96.0 Å². The number of guanidine groups is 1. The van der Waals surface area contributed by atoms with Crippen molar-refractivity contribution >= 4 is 95.8 Å². The molecule has 0 radical (unpaired) electrons. The van der Waals surface area contributed by atoms with E-state index in [0.29, 0.717) is 16.7 Å². The molecule has 2 aliphatic rings. The van der Waals surface area contributed by atoms with Crippen molar-refractivity contribution in [1.29, 1.82) is 0 Å². The number of carbonyl (C=O) groups excluding carboxylic acids is 10. The molecule has 29 heteroatoms. The van der Waals surface area contributed by atoms with Crippen molar-refractivity contribution in [2.75, 3.05) is 105 Å². The number of phenolic OH excluding ortho intramolecular Hbond substituents is 1. The molecule has 2 aliphatic heterocycles. The minimum atomic E-state index is -1.34. The van der Waals surface area contributed by atoms with Crippen molar-refractivity contribution in [3.8, 4) is 5.75 Å². The van der Waals surface area contributed by atoms with E-state index >= 15 is 0 Å². The molecule has 4 aromatic carbocycles. The number of aliphatic imine (C=N–C) groups is 1. The Hall–Kier alpha value is -8.61. The third kappa shape index (κ3) is 24.5. The number of hydrogen-bond acceptors (Lipinski definition) is 19. The number of amides is 7.